The van der Waals surface area contributed by atoms with E-state index in [4.69, 9.17) is 4.74 Å². The Bertz CT molecular complexity index is 699. The van der Waals surface area contributed by atoms with Crippen LogP contribution in [0.25, 0.3) is 0 Å². The molecular weight excluding hydrogens is 283 g/mol. The summed E-state index contributed by atoms with van der Waals surface area (Å²) >= 11 is 0. The van der Waals surface area contributed by atoms with Crippen LogP contribution in [0.4, 0.5) is 4.39 Å². The predicted octanol–water partition coefficient (Wildman–Crippen LogP) is 3.05. The highest BCUT2D eigenvalue weighted by Gasteiger charge is 2.06. The molecule has 0 saturated carbocycles. The molecule has 0 aliphatic carbocycles. The van der Waals surface area contributed by atoms with Crippen LogP contribution < -0.4 is 10.2 Å². The number of hydrogen-bond acceptors (Lipinski definition) is 3. The molecule has 0 aliphatic heterocycles. The van der Waals surface area contributed by atoms with Crippen molar-refractivity contribution in [2.24, 2.45) is 5.10 Å². The summed E-state index contributed by atoms with van der Waals surface area (Å²) < 4.78 is 18.9. The quantitative estimate of drug-likeness (QED) is 0.681. The largest absolute Gasteiger partial charge is 0.484 e. The van der Waals surface area contributed by atoms with E-state index in [1.165, 1.54) is 6.07 Å². The van der Waals surface area contributed by atoms with Gasteiger partial charge in [0.1, 0.15) is 11.6 Å². The Kier molecular flexibility index (Phi) is 5.25. The van der Waals surface area contributed by atoms with Gasteiger partial charge in [0.2, 0.25) is 0 Å². The summed E-state index contributed by atoms with van der Waals surface area (Å²) in [6.07, 6.45) is 0. The van der Waals surface area contributed by atoms with E-state index in [9.17, 15) is 9.18 Å². The van der Waals surface area contributed by atoms with Crippen LogP contribution in [-0.4, -0.2) is 18.2 Å². The van der Waals surface area contributed by atoms with Crippen molar-refractivity contribution in [3.05, 3.63) is 65.5 Å². The van der Waals surface area contributed by atoms with Crippen LogP contribution in [-0.2, 0) is 4.79 Å². The molecule has 22 heavy (non-hydrogen) atoms. The van der Waals surface area contributed by atoms with Gasteiger partial charge in [0.15, 0.2) is 6.61 Å². The highest BCUT2D eigenvalue weighted by Crippen LogP contribution is 2.12. The van der Waals surface area contributed by atoms with Gasteiger partial charge < -0.3 is 4.74 Å². The molecule has 0 radical (unpaired) electrons. The Morgan fingerprint density at radius 2 is 2.00 bits per heavy atom. The molecule has 0 heterocycles. The number of nitrogens with zero attached hydrogens (tertiary/aromatic N) is 1. The summed E-state index contributed by atoms with van der Waals surface area (Å²) in [5, 5.41) is 3.88. The summed E-state index contributed by atoms with van der Waals surface area (Å²) in [6.45, 7) is 3.41. The first-order chi connectivity index (χ1) is 10.6. The smallest absolute Gasteiger partial charge is 0.277 e. The van der Waals surface area contributed by atoms with Gasteiger partial charge in [-0.15, -0.1) is 0 Å². The fraction of sp³-hybridized carbons (Fsp3) is 0.176. The molecule has 114 valence electrons. The maximum Gasteiger partial charge on any atom is 0.277 e. The summed E-state index contributed by atoms with van der Waals surface area (Å²) in [6, 6.07) is 13.6. The second-order valence-electron chi connectivity index (χ2n) is 4.82. The number of nitrogens with one attached hydrogen (secondary N) is 1. The highest BCUT2D eigenvalue weighted by atomic mass is 19.1. The Balaban J connectivity index is 1.90. The number of carbonyl (C=O) groups is 1. The first kappa shape index (κ1) is 15.7. The number of aryl methyl sites for hydroxylation is 1. The Morgan fingerprint density at radius 3 is 2.73 bits per heavy atom. The summed E-state index contributed by atoms with van der Waals surface area (Å²) in [5.41, 5.74) is 4.14. The van der Waals surface area contributed by atoms with Crippen molar-refractivity contribution >= 4 is 11.6 Å². The molecule has 2 aromatic rings. The maximum absolute atomic E-state index is 13.6. The van der Waals surface area contributed by atoms with E-state index in [1.807, 2.05) is 25.1 Å². The molecule has 1 N–H and O–H groups in total. The number of rotatable bonds is 5. The van der Waals surface area contributed by atoms with Crippen LogP contribution in [0, 0.1) is 12.7 Å². The van der Waals surface area contributed by atoms with Crippen LogP contribution in [0.2, 0.25) is 0 Å². The fourth-order valence-corrected chi connectivity index (χ4v) is 1.85. The van der Waals surface area contributed by atoms with Crippen LogP contribution in [0.3, 0.4) is 0 Å². The van der Waals surface area contributed by atoms with Crippen molar-refractivity contribution in [1.82, 2.24) is 5.43 Å². The van der Waals surface area contributed by atoms with E-state index in [0.29, 0.717) is 17.0 Å². The van der Waals surface area contributed by atoms with Crippen molar-refractivity contribution in [2.75, 3.05) is 6.61 Å². The molecule has 0 unspecified atom stereocenters. The van der Waals surface area contributed by atoms with Crippen molar-refractivity contribution < 1.29 is 13.9 Å². The molecule has 1 amide bonds. The highest BCUT2D eigenvalue weighted by molar-refractivity contribution is 5.99. The second kappa shape index (κ2) is 7.36. The van der Waals surface area contributed by atoms with Gasteiger partial charge in [-0.3, -0.25) is 4.79 Å². The van der Waals surface area contributed by atoms with Crippen molar-refractivity contribution in [2.45, 2.75) is 13.8 Å². The topological polar surface area (TPSA) is 50.7 Å². The average Bonchev–Trinajstić information content (AvgIpc) is 2.51. The van der Waals surface area contributed by atoms with Gasteiger partial charge in [0.05, 0.1) is 5.71 Å². The second-order valence-corrected chi connectivity index (χ2v) is 4.82. The lowest BCUT2D eigenvalue weighted by Gasteiger charge is -2.06. The molecular formula is C17H17FN2O2. The summed E-state index contributed by atoms with van der Waals surface area (Å²) in [5.74, 6) is -0.170. The number of benzene rings is 2. The van der Waals surface area contributed by atoms with Gasteiger partial charge in [-0.1, -0.05) is 30.3 Å². The number of hydrogen-bond donors (Lipinski definition) is 1. The number of ether oxygens (including phenoxy) is 1. The normalized spacial score (nSPS) is 11.1. The number of amides is 1. The predicted molar refractivity (Wildman–Crippen MR) is 83.4 cm³/mol. The molecule has 0 bridgehead atoms. The van der Waals surface area contributed by atoms with Crippen LogP contribution >= 0.6 is 0 Å². The van der Waals surface area contributed by atoms with Gasteiger partial charge in [0, 0.05) is 5.56 Å². The molecule has 2 aromatic carbocycles. The van der Waals surface area contributed by atoms with Crippen LogP contribution in [0.5, 0.6) is 5.75 Å². The standard InChI is InChI=1S/C17H17FN2O2/c1-12-6-5-7-14(10-12)22-11-17(21)20-19-13(2)15-8-3-4-9-16(15)18/h3-10H,11H2,1-2H3,(H,20,21)/b19-13-. The van der Waals surface area contributed by atoms with E-state index >= 15 is 0 Å². The number of hydrazone groups is 1. The molecule has 5 heteroatoms. The Labute approximate surface area is 128 Å². The maximum atomic E-state index is 13.6. The van der Waals surface area contributed by atoms with Gasteiger partial charge in [0.25, 0.3) is 5.91 Å². The van der Waals surface area contributed by atoms with E-state index < -0.39 is 5.91 Å². The third-order valence-corrected chi connectivity index (χ3v) is 2.97. The molecule has 4 nitrogen and oxygen atoms in total. The lowest BCUT2D eigenvalue weighted by Crippen LogP contribution is -2.25. The molecule has 0 fully saturated rings. The third-order valence-electron chi connectivity index (χ3n) is 2.97. The zero-order valence-corrected chi connectivity index (χ0v) is 12.5. The zero-order valence-electron chi connectivity index (χ0n) is 12.5. The number of halogens is 1. The van der Waals surface area contributed by atoms with E-state index in [1.54, 1.807) is 31.2 Å². The molecule has 2 rings (SSSR count). The molecule has 0 spiro atoms. The van der Waals surface area contributed by atoms with Crippen molar-refractivity contribution in [1.29, 1.82) is 0 Å². The summed E-state index contributed by atoms with van der Waals surface area (Å²) in [4.78, 5) is 11.7. The molecule has 0 atom stereocenters. The van der Waals surface area contributed by atoms with Crippen molar-refractivity contribution in [3.8, 4) is 5.75 Å². The molecule has 0 aliphatic rings. The zero-order chi connectivity index (χ0) is 15.9. The monoisotopic (exact) mass is 300 g/mol. The van der Waals surface area contributed by atoms with Gasteiger partial charge in [-0.25, -0.2) is 9.82 Å². The third kappa shape index (κ3) is 4.41. The lowest BCUT2D eigenvalue weighted by atomic mass is 10.1. The lowest BCUT2D eigenvalue weighted by molar-refractivity contribution is -0.123. The van der Waals surface area contributed by atoms with E-state index in [0.717, 1.165) is 5.56 Å². The minimum absolute atomic E-state index is 0.155. The minimum Gasteiger partial charge on any atom is -0.484 e. The molecule has 0 saturated heterocycles. The van der Waals surface area contributed by atoms with Gasteiger partial charge >= 0.3 is 0 Å². The van der Waals surface area contributed by atoms with Gasteiger partial charge in [-0.2, -0.15) is 5.10 Å². The first-order valence-electron chi connectivity index (χ1n) is 6.84. The number of carbonyl (C=O) groups excluding carboxylic acids is 1. The Morgan fingerprint density at radius 1 is 1.23 bits per heavy atom. The van der Waals surface area contributed by atoms with Crippen LogP contribution in [0.15, 0.2) is 53.6 Å². The SMILES string of the molecule is C/C(=N/NC(=O)COc1cccc(C)c1)c1ccccc1F. The Hall–Kier alpha value is -2.69. The molecule has 0 aromatic heterocycles. The van der Waals surface area contributed by atoms with E-state index in [-0.39, 0.29) is 12.4 Å². The van der Waals surface area contributed by atoms with Crippen LogP contribution in [0.1, 0.15) is 18.1 Å². The first-order valence-corrected chi connectivity index (χ1v) is 6.84. The van der Waals surface area contributed by atoms with Gasteiger partial charge in [-0.05, 0) is 37.6 Å². The van der Waals surface area contributed by atoms with Crippen molar-refractivity contribution in [3.63, 3.8) is 0 Å². The average molecular weight is 300 g/mol. The van der Waals surface area contributed by atoms with E-state index in [2.05, 4.69) is 10.5 Å². The summed E-state index contributed by atoms with van der Waals surface area (Å²) in [7, 11) is 0. The minimum atomic E-state index is -0.405. The fourth-order valence-electron chi connectivity index (χ4n) is 1.85.